The van der Waals surface area contributed by atoms with Gasteiger partial charge in [0, 0.05) is 18.8 Å². The second-order valence-electron chi connectivity index (χ2n) is 6.22. The molecule has 1 N–H and O–H groups in total. The monoisotopic (exact) mass is 356 g/mol. The number of methoxy groups -OCH3 is 2. The van der Waals surface area contributed by atoms with Gasteiger partial charge < -0.3 is 19.7 Å². The summed E-state index contributed by atoms with van der Waals surface area (Å²) in [6, 6.07) is 7.11. The smallest absolute Gasteiger partial charge is 0.255 e. The standard InChI is InChI=1S/C19H24N4O3/c1-13-11-14(22-19(21-13)23-9-4-5-10-23)12-20-18(24)15-7-6-8-16(25-2)17(15)26-3/h6-8,11H,4-5,9-10,12H2,1-3H3,(H,20,24). The molecule has 0 spiro atoms. The van der Waals surface area contributed by atoms with Gasteiger partial charge >= 0.3 is 0 Å². The van der Waals surface area contributed by atoms with Gasteiger partial charge in [-0.2, -0.15) is 0 Å². The van der Waals surface area contributed by atoms with E-state index in [1.54, 1.807) is 25.3 Å². The number of nitrogens with zero attached hydrogens (tertiary/aromatic N) is 3. The SMILES string of the molecule is COc1cccc(C(=O)NCc2cc(C)nc(N3CCCC3)n2)c1OC. The normalized spacial score (nSPS) is 13.6. The third-order valence-corrected chi connectivity index (χ3v) is 4.36. The van der Waals surface area contributed by atoms with Crippen molar-refractivity contribution in [2.45, 2.75) is 26.3 Å². The lowest BCUT2D eigenvalue weighted by Crippen LogP contribution is -2.26. The van der Waals surface area contributed by atoms with Gasteiger partial charge in [0.05, 0.1) is 32.0 Å². The molecule has 3 rings (SSSR count). The zero-order valence-corrected chi connectivity index (χ0v) is 15.4. The Bertz CT molecular complexity index is 788. The molecular weight excluding hydrogens is 332 g/mol. The van der Waals surface area contributed by atoms with E-state index >= 15 is 0 Å². The van der Waals surface area contributed by atoms with Gasteiger partial charge in [-0.05, 0) is 38.0 Å². The number of nitrogens with one attached hydrogen (secondary N) is 1. The summed E-state index contributed by atoms with van der Waals surface area (Å²) in [5, 5.41) is 2.90. The number of hydrogen-bond donors (Lipinski definition) is 1. The van der Waals surface area contributed by atoms with E-state index in [0.29, 0.717) is 23.6 Å². The Morgan fingerprint density at radius 1 is 1.19 bits per heavy atom. The van der Waals surface area contributed by atoms with Crippen LogP contribution in [-0.2, 0) is 6.54 Å². The summed E-state index contributed by atoms with van der Waals surface area (Å²) in [5.41, 5.74) is 2.11. The van der Waals surface area contributed by atoms with E-state index in [4.69, 9.17) is 9.47 Å². The molecule has 1 saturated heterocycles. The molecule has 2 heterocycles. The van der Waals surface area contributed by atoms with Crippen molar-refractivity contribution in [3.63, 3.8) is 0 Å². The fourth-order valence-electron chi connectivity index (χ4n) is 3.10. The van der Waals surface area contributed by atoms with Gasteiger partial charge in [0.2, 0.25) is 5.95 Å². The van der Waals surface area contributed by atoms with Crippen molar-refractivity contribution in [1.29, 1.82) is 0 Å². The molecule has 1 fully saturated rings. The van der Waals surface area contributed by atoms with E-state index in [1.165, 1.54) is 20.0 Å². The second-order valence-corrected chi connectivity index (χ2v) is 6.22. The maximum atomic E-state index is 12.6. The molecule has 1 amide bonds. The van der Waals surface area contributed by atoms with Gasteiger partial charge in [-0.15, -0.1) is 0 Å². The summed E-state index contributed by atoms with van der Waals surface area (Å²) >= 11 is 0. The van der Waals surface area contributed by atoms with E-state index in [1.807, 2.05) is 13.0 Å². The molecule has 0 bridgehead atoms. The van der Waals surface area contributed by atoms with E-state index in [0.717, 1.165) is 30.4 Å². The van der Waals surface area contributed by atoms with Crippen LogP contribution in [0.5, 0.6) is 11.5 Å². The Morgan fingerprint density at radius 2 is 1.96 bits per heavy atom. The number of rotatable bonds is 6. The molecule has 0 aliphatic carbocycles. The molecule has 7 nitrogen and oxygen atoms in total. The molecule has 138 valence electrons. The van der Waals surface area contributed by atoms with Crippen LogP contribution in [0.4, 0.5) is 5.95 Å². The summed E-state index contributed by atoms with van der Waals surface area (Å²) in [6.07, 6.45) is 2.33. The average Bonchev–Trinajstić information content (AvgIpc) is 3.19. The van der Waals surface area contributed by atoms with Crippen molar-refractivity contribution >= 4 is 11.9 Å². The lowest BCUT2D eigenvalue weighted by Gasteiger charge is -2.17. The third-order valence-electron chi connectivity index (χ3n) is 4.36. The number of ether oxygens (including phenoxy) is 2. The molecule has 1 aliphatic heterocycles. The van der Waals surface area contributed by atoms with Crippen molar-refractivity contribution in [2.24, 2.45) is 0 Å². The molecule has 26 heavy (non-hydrogen) atoms. The number of aryl methyl sites for hydroxylation is 1. The highest BCUT2D eigenvalue weighted by Gasteiger charge is 2.18. The molecule has 0 unspecified atom stereocenters. The number of para-hydroxylation sites is 1. The molecule has 1 aromatic carbocycles. The van der Waals surface area contributed by atoms with Gasteiger partial charge in [-0.3, -0.25) is 4.79 Å². The number of amides is 1. The minimum atomic E-state index is -0.236. The van der Waals surface area contributed by atoms with E-state index < -0.39 is 0 Å². The Morgan fingerprint density at radius 3 is 2.65 bits per heavy atom. The molecule has 0 atom stereocenters. The van der Waals surface area contributed by atoms with Crippen LogP contribution >= 0.6 is 0 Å². The number of benzene rings is 1. The van der Waals surface area contributed by atoms with Crippen molar-refractivity contribution in [3.8, 4) is 11.5 Å². The zero-order chi connectivity index (χ0) is 18.5. The van der Waals surface area contributed by atoms with Crippen molar-refractivity contribution in [2.75, 3.05) is 32.2 Å². The summed E-state index contributed by atoms with van der Waals surface area (Å²) < 4.78 is 10.6. The van der Waals surface area contributed by atoms with Crippen LogP contribution in [0.3, 0.4) is 0 Å². The number of carbonyl (C=O) groups is 1. The molecule has 1 aliphatic rings. The van der Waals surface area contributed by atoms with Crippen molar-refractivity contribution in [1.82, 2.24) is 15.3 Å². The predicted molar refractivity (Wildman–Crippen MR) is 98.9 cm³/mol. The van der Waals surface area contributed by atoms with Crippen LogP contribution in [0.25, 0.3) is 0 Å². The Labute approximate surface area is 153 Å². The second kappa shape index (κ2) is 8.03. The molecule has 0 saturated carbocycles. The number of anilines is 1. The summed E-state index contributed by atoms with van der Waals surface area (Å²) in [6.45, 7) is 4.23. The van der Waals surface area contributed by atoms with Crippen LogP contribution in [0.2, 0.25) is 0 Å². The highest BCUT2D eigenvalue weighted by atomic mass is 16.5. The van der Waals surface area contributed by atoms with Crippen LogP contribution in [0.15, 0.2) is 24.3 Å². The van der Waals surface area contributed by atoms with Crippen molar-refractivity contribution in [3.05, 3.63) is 41.2 Å². The first-order valence-electron chi connectivity index (χ1n) is 8.71. The fourth-order valence-corrected chi connectivity index (χ4v) is 3.10. The molecule has 1 aromatic heterocycles. The fraction of sp³-hybridized carbons (Fsp3) is 0.421. The lowest BCUT2D eigenvalue weighted by atomic mass is 10.1. The topological polar surface area (TPSA) is 76.6 Å². The van der Waals surface area contributed by atoms with Crippen LogP contribution in [0, 0.1) is 6.92 Å². The molecule has 0 radical (unpaired) electrons. The molecule has 2 aromatic rings. The van der Waals surface area contributed by atoms with E-state index in [9.17, 15) is 4.79 Å². The van der Waals surface area contributed by atoms with E-state index in [2.05, 4.69) is 20.2 Å². The average molecular weight is 356 g/mol. The maximum Gasteiger partial charge on any atom is 0.255 e. The summed E-state index contributed by atoms with van der Waals surface area (Å²) in [5.74, 6) is 1.45. The molecule has 7 heteroatoms. The first-order chi connectivity index (χ1) is 12.6. The zero-order valence-electron chi connectivity index (χ0n) is 15.4. The minimum absolute atomic E-state index is 0.236. The van der Waals surface area contributed by atoms with Gasteiger partial charge in [0.1, 0.15) is 0 Å². The number of carbonyl (C=O) groups excluding carboxylic acids is 1. The largest absolute Gasteiger partial charge is 0.493 e. The first kappa shape index (κ1) is 18.0. The molecular formula is C19H24N4O3. The Balaban J connectivity index is 1.74. The van der Waals surface area contributed by atoms with Gasteiger partial charge in [0.15, 0.2) is 11.5 Å². The Hall–Kier alpha value is -2.83. The van der Waals surface area contributed by atoms with Crippen molar-refractivity contribution < 1.29 is 14.3 Å². The highest BCUT2D eigenvalue weighted by molar-refractivity contribution is 5.97. The Kier molecular flexibility index (Phi) is 5.55. The summed E-state index contributed by atoms with van der Waals surface area (Å²) in [4.78, 5) is 23.9. The first-order valence-corrected chi connectivity index (χ1v) is 8.71. The predicted octanol–water partition coefficient (Wildman–Crippen LogP) is 2.33. The highest BCUT2D eigenvalue weighted by Crippen LogP contribution is 2.30. The number of hydrogen-bond acceptors (Lipinski definition) is 6. The van der Waals surface area contributed by atoms with Gasteiger partial charge in [-0.1, -0.05) is 6.07 Å². The maximum absolute atomic E-state index is 12.6. The van der Waals surface area contributed by atoms with Gasteiger partial charge in [-0.25, -0.2) is 9.97 Å². The van der Waals surface area contributed by atoms with Crippen LogP contribution in [-0.4, -0.2) is 43.2 Å². The third kappa shape index (κ3) is 3.87. The number of aromatic nitrogens is 2. The van der Waals surface area contributed by atoms with E-state index in [-0.39, 0.29) is 5.91 Å². The lowest BCUT2D eigenvalue weighted by molar-refractivity contribution is 0.0946. The summed E-state index contributed by atoms with van der Waals surface area (Å²) in [7, 11) is 3.06. The van der Waals surface area contributed by atoms with Gasteiger partial charge in [0.25, 0.3) is 5.91 Å². The minimum Gasteiger partial charge on any atom is -0.493 e. The van der Waals surface area contributed by atoms with Crippen LogP contribution in [0.1, 0.15) is 34.6 Å². The quantitative estimate of drug-likeness (QED) is 0.856. The van der Waals surface area contributed by atoms with Crippen LogP contribution < -0.4 is 19.7 Å².